The fourth-order valence-corrected chi connectivity index (χ4v) is 3.86. The summed E-state index contributed by atoms with van der Waals surface area (Å²) in [5.74, 6) is 0.829. The van der Waals surface area contributed by atoms with Crippen molar-refractivity contribution < 1.29 is 4.55 Å². The molecule has 0 bridgehead atoms. The minimum atomic E-state index is 0.288. The van der Waals surface area contributed by atoms with E-state index in [1.165, 1.54) is 63.4 Å². The summed E-state index contributed by atoms with van der Waals surface area (Å²) in [4.78, 5) is 0. The summed E-state index contributed by atoms with van der Waals surface area (Å²) in [5.41, 5.74) is 0. The predicted octanol–water partition coefficient (Wildman–Crippen LogP) is 3.70. The van der Waals surface area contributed by atoms with Crippen molar-refractivity contribution in [2.75, 3.05) is 0 Å². The molecule has 70 valence electrons. The molecule has 2 aliphatic rings. The zero-order valence-electron chi connectivity index (χ0n) is 7.59. The zero-order chi connectivity index (χ0) is 8.44. The Hall–Kier alpha value is 0.310. The second-order valence-electron chi connectivity index (χ2n) is 4.34. The van der Waals surface area contributed by atoms with Crippen molar-refractivity contribution in [3.63, 3.8) is 0 Å². The van der Waals surface area contributed by atoms with Gasteiger partial charge in [0.1, 0.15) is 0 Å². The van der Waals surface area contributed by atoms with Gasteiger partial charge in [0.05, 0.1) is 0 Å². The molecule has 2 fully saturated rings. The Morgan fingerprint density at radius 1 is 1.00 bits per heavy atom. The van der Waals surface area contributed by atoms with Gasteiger partial charge in [-0.3, -0.25) is 0 Å². The molecule has 0 aromatic rings. The lowest BCUT2D eigenvalue weighted by Crippen LogP contribution is -2.39. The molecule has 2 saturated carbocycles. The summed E-state index contributed by atoms with van der Waals surface area (Å²) in [5, 5.41) is 0. The van der Waals surface area contributed by atoms with Crippen molar-refractivity contribution in [2.45, 2.75) is 56.1 Å². The van der Waals surface area contributed by atoms with E-state index in [1.807, 2.05) is 0 Å². The van der Waals surface area contributed by atoms with E-state index in [9.17, 15) is 4.55 Å². The van der Waals surface area contributed by atoms with Crippen LogP contribution in [0.3, 0.4) is 0 Å². The van der Waals surface area contributed by atoms with Crippen molar-refractivity contribution in [3.8, 4) is 0 Å². The molecule has 0 spiro atoms. The fraction of sp³-hybridized carbons (Fsp3) is 1.00. The van der Waals surface area contributed by atoms with Gasteiger partial charge in [-0.2, -0.15) is 0 Å². The SMILES string of the molecule is OSC12CCCCC1CCCC2. The van der Waals surface area contributed by atoms with Gasteiger partial charge < -0.3 is 4.55 Å². The molecule has 0 radical (unpaired) electrons. The molecule has 0 aromatic carbocycles. The number of rotatable bonds is 1. The lowest BCUT2D eigenvalue weighted by molar-refractivity contribution is 0.198. The lowest BCUT2D eigenvalue weighted by atomic mass is 9.70. The quantitative estimate of drug-likeness (QED) is 0.630. The van der Waals surface area contributed by atoms with E-state index in [1.54, 1.807) is 0 Å². The van der Waals surface area contributed by atoms with E-state index >= 15 is 0 Å². The molecule has 0 aliphatic heterocycles. The molecular formula is C10H18OS. The fourth-order valence-electron chi connectivity index (χ4n) is 3.00. The number of hydrogen-bond donors (Lipinski definition) is 1. The first-order valence-corrected chi connectivity index (χ1v) is 5.97. The number of hydrogen-bond acceptors (Lipinski definition) is 2. The highest BCUT2D eigenvalue weighted by atomic mass is 32.2. The second kappa shape index (κ2) is 3.59. The number of fused-ring (bicyclic) bond motifs is 1. The first kappa shape index (κ1) is 8.89. The van der Waals surface area contributed by atoms with Crippen LogP contribution in [-0.4, -0.2) is 9.30 Å². The monoisotopic (exact) mass is 186 g/mol. The third-order valence-electron chi connectivity index (χ3n) is 3.73. The topological polar surface area (TPSA) is 20.2 Å². The minimum absolute atomic E-state index is 0.288. The molecule has 2 aliphatic carbocycles. The summed E-state index contributed by atoms with van der Waals surface area (Å²) < 4.78 is 9.68. The van der Waals surface area contributed by atoms with Crippen molar-refractivity contribution in [1.82, 2.24) is 0 Å². The highest BCUT2D eigenvalue weighted by Gasteiger charge is 2.42. The van der Waals surface area contributed by atoms with Crippen LogP contribution >= 0.6 is 12.0 Å². The molecule has 0 aromatic heterocycles. The first-order valence-electron chi connectivity index (χ1n) is 5.20. The lowest BCUT2D eigenvalue weighted by Gasteiger charge is -2.45. The molecule has 0 unspecified atom stereocenters. The standard InChI is InChI=1S/C10H18OS/c11-12-10-7-3-1-5-9(10)6-2-4-8-10/h9,11H,1-8H2. The van der Waals surface area contributed by atoms with Crippen LogP contribution < -0.4 is 0 Å². The molecule has 2 heteroatoms. The van der Waals surface area contributed by atoms with Crippen molar-refractivity contribution >= 4 is 12.0 Å². The summed E-state index contributed by atoms with van der Waals surface area (Å²) in [6, 6.07) is 0. The van der Waals surface area contributed by atoms with Gasteiger partial charge in [-0.25, -0.2) is 0 Å². The molecule has 0 atom stereocenters. The van der Waals surface area contributed by atoms with Crippen LogP contribution in [0.1, 0.15) is 51.4 Å². The Kier molecular flexibility index (Phi) is 2.66. The van der Waals surface area contributed by atoms with E-state index in [0.29, 0.717) is 0 Å². The highest BCUT2D eigenvalue weighted by molar-refractivity contribution is 7.95. The maximum atomic E-state index is 9.39. The van der Waals surface area contributed by atoms with Crippen molar-refractivity contribution in [1.29, 1.82) is 0 Å². The molecule has 1 N–H and O–H groups in total. The van der Waals surface area contributed by atoms with Crippen LogP contribution in [0.4, 0.5) is 0 Å². The molecule has 0 amide bonds. The smallest absolute Gasteiger partial charge is 0.0448 e. The zero-order valence-corrected chi connectivity index (χ0v) is 8.41. The average molecular weight is 186 g/mol. The highest BCUT2D eigenvalue weighted by Crippen LogP contribution is 2.50. The Bertz CT molecular complexity index is 146. The molecule has 0 saturated heterocycles. The van der Waals surface area contributed by atoms with E-state index in [2.05, 4.69) is 0 Å². The van der Waals surface area contributed by atoms with Crippen LogP contribution in [0.25, 0.3) is 0 Å². The van der Waals surface area contributed by atoms with Gasteiger partial charge in [-0.05, 0) is 43.6 Å². The van der Waals surface area contributed by atoms with Gasteiger partial charge in [0.25, 0.3) is 0 Å². The normalized spacial score (nSPS) is 42.2. The van der Waals surface area contributed by atoms with Crippen molar-refractivity contribution in [3.05, 3.63) is 0 Å². The second-order valence-corrected chi connectivity index (χ2v) is 5.34. The Balaban J connectivity index is 2.10. The van der Waals surface area contributed by atoms with Crippen LogP contribution in [0.2, 0.25) is 0 Å². The summed E-state index contributed by atoms with van der Waals surface area (Å²) >= 11 is 1.18. The average Bonchev–Trinajstić information content (AvgIpc) is 2.18. The molecular weight excluding hydrogens is 168 g/mol. The predicted molar refractivity (Wildman–Crippen MR) is 53.4 cm³/mol. The van der Waals surface area contributed by atoms with Crippen molar-refractivity contribution in [2.24, 2.45) is 5.92 Å². The van der Waals surface area contributed by atoms with E-state index in [-0.39, 0.29) is 4.75 Å². The van der Waals surface area contributed by atoms with Crippen LogP contribution in [0.15, 0.2) is 0 Å². The van der Waals surface area contributed by atoms with Crippen LogP contribution in [0, 0.1) is 5.92 Å². The first-order chi connectivity index (χ1) is 5.87. The third kappa shape index (κ3) is 1.39. The van der Waals surface area contributed by atoms with Crippen LogP contribution in [-0.2, 0) is 0 Å². The van der Waals surface area contributed by atoms with E-state index in [0.717, 1.165) is 5.92 Å². The Labute approximate surface area is 79.1 Å². The molecule has 0 heterocycles. The maximum Gasteiger partial charge on any atom is 0.0448 e. The minimum Gasteiger partial charge on any atom is -0.329 e. The molecule has 2 rings (SSSR count). The van der Waals surface area contributed by atoms with Crippen LogP contribution in [0.5, 0.6) is 0 Å². The van der Waals surface area contributed by atoms with Gasteiger partial charge in [0.15, 0.2) is 0 Å². The largest absolute Gasteiger partial charge is 0.329 e. The summed E-state index contributed by atoms with van der Waals surface area (Å²) in [6.45, 7) is 0. The third-order valence-corrected chi connectivity index (χ3v) is 4.84. The van der Waals surface area contributed by atoms with Gasteiger partial charge in [0.2, 0.25) is 0 Å². The van der Waals surface area contributed by atoms with E-state index < -0.39 is 0 Å². The van der Waals surface area contributed by atoms with Gasteiger partial charge in [-0.15, -0.1) is 0 Å². The molecule has 1 nitrogen and oxygen atoms in total. The van der Waals surface area contributed by atoms with Gasteiger partial charge >= 0.3 is 0 Å². The summed E-state index contributed by atoms with van der Waals surface area (Å²) in [6.07, 6.45) is 10.7. The van der Waals surface area contributed by atoms with Gasteiger partial charge in [-0.1, -0.05) is 25.7 Å². The van der Waals surface area contributed by atoms with E-state index in [4.69, 9.17) is 0 Å². The Morgan fingerprint density at radius 3 is 2.00 bits per heavy atom. The summed E-state index contributed by atoms with van der Waals surface area (Å²) in [7, 11) is 0. The maximum absolute atomic E-state index is 9.39. The molecule has 12 heavy (non-hydrogen) atoms. The Morgan fingerprint density at radius 2 is 1.58 bits per heavy atom. The van der Waals surface area contributed by atoms with Gasteiger partial charge in [0, 0.05) is 4.75 Å².